The molecule has 0 atom stereocenters. The van der Waals surface area contributed by atoms with Gasteiger partial charge in [-0.2, -0.15) is 0 Å². The van der Waals surface area contributed by atoms with E-state index in [9.17, 15) is 8.78 Å². The summed E-state index contributed by atoms with van der Waals surface area (Å²) in [6.45, 7) is 4.97. The first-order valence-electron chi connectivity index (χ1n) is 3.06. The van der Waals surface area contributed by atoms with Crippen LogP contribution in [0.2, 0.25) is 0 Å². The summed E-state index contributed by atoms with van der Waals surface area (Å²) in [6.07, 6.45) is 3.86. The first kappa shape index (κ1) is 9.08. The number of hydrogen-bond donors (Lipinski definition) is 0. The molecular weight excluding hydrogens is 134 g/mol. The molecule has 0 aromatic carbocycles. The van der Waals surface area contributed by atoms with Gasteiger partial charge in [-0.1, -0.05) is 19.6 Å². The Labute approximate surface area is 59.6 Å². The van der Waals surface area contributed by atoms with Gasteiger partial charge in [-0.15, -0.1) is 0 Å². The van der Waals surface area contributed by atoms with Gasteiger partial charge in [0.2, 0.25) is 0 Å². The normalized spacial score (nSPS) is 13.5. The van der Waals surface area contributed by atoms with Gasteiger partial charge in [0.1, 0.15) is 0 Å². The van der Waals surface area contributed by atoms with Gasteiger partial charge in [-0.25, -0.2) is 8.78 Å². The molecule has 10 heavy (non-hydrogen) atoms. The maximum absolute atomic E-state index is 12.4. The number of hydrogen-bond acceptors (Lipinski definition) is 0. The van der Waals surface area contributed by atoms with Crippen LogP contribution in [0.1, 0.15) is 13.3 Å². The summed E-state index contributed by atoms with van der Waals surface area (Å²) in [7, 11) is 0. The fourth-order valence-corrected chi connectivity index (χ4v) is 0.460. The van der Waals surface area contributed by atoms with E-state index in [1.54, 1.807) is 6.92 Å². The standard InChI is InChI=1S/C8H10F2/c1-3-5-7(9)8(10)6-4-2/h3,5-6H,1,4H2,2H3. The van der Waals surface area contributed by atoms with Crippen LogP contribution in [0, 0.1) is 0 Å². The first-order chi connectivity index (χ1) is 4.72. The van der Waals surface area contributed by atoms with Crippen LogP contribution in [-0.2, 0) is 0 Å². The Balaban J connectivity index is 4.19. The second kappa shape index (κ2) is 4.91. The molecule has 0 rings (SSSR count). The molecule has 0 aliphatic heterocycles. The number of halogens is 2. The lowest BCUT2D eigenvalue weighted by atomic mass is 10.3. The van der Waals surface area contributed by atoms with Gasteiger partial charge in [0.25, 0.3) is 0 Å². The Morgan fingerprint density at radius 2 is 2.00 bits per heavy atom. The fraction of sp³-hybridized carbons (Fsp3) is 0.250. The fourth-order valence-electron chi connectivity index (χ4n) is 0.460. The molecule has 0 spiro atoms. The van der Waals surface area contributed by atoms with Gasteiger partial charge in [-0.3, -0.25) is 0 Å². The van der Waals surface area contributed by atoms with Crippen molar-refractivity contribution in [3.8, 4) is 0 Å². The van der Waals surface area contributed by atoms with Crippen LogP contribution in [-0.4, -0.2) is 0 Å². The van der Waals surface area contributed by atoms with Crippen molar-refractivity contribution >= 4 is 0 Å². The van der Waals surface area contributed by atoms with Crippen LogP contribution in [0.25, 0.3) is 0 Å². The smallest absolute Gasteiger partial charge is 0.158 e. The monoisotopic (exact) mass is 144 g/mol. The van der Waals surface area contributed by atoms with Gasteiger partial charge in [0, 0.05) is 0 Å². The second-order valence-electron chi connectivity index (χ2n) is 1.71. The van der Waals surface area contributed by atoms with Crippen molar-refractivity contribution in [3.63, 3.8) is 0 Å². The van der Waals surface area contributed by atoms with Crippen LogP contribution in [0.5, 0.6) is 0 Å². The summed E-state index contributed by atoms with van der Waals surface area (Å²) in [6, 6.07) is 0. The third kappa shape index (κ3) is 3.17. The predicted molar refractivity (Wildman–Crippen MR) is 38.9 cm³/mol. The summed E-state index contributed by atoms with van der Waals surface area (Å²) < 4.78 is 24.7. The topological polar surface area (TPSA) is 0 Å². The highest BCUT2D eigenvalue weighted by Crippen LogP contribution is 2.12. The van der Waals surface area contributed by atoms with Crippen LogP contribution >= 0.6 is 0 Å². The SMILES string of the molecule is C=CC=C(F)C(F)=CCC. The summed E-state index contributed by atoms with van der Waals surface area (Å²) in [5.41, 5.74) is 0. The van der Waals surface area contributed by atoms with Gasteiger partial charge in [-0.05, 0) is 18.6 Å². The Morgan fingerprint density at radius 1 is 1.40 bits per heavy atom. The highest BCUT2D eigenvalue weighted by molar-refractivity contribution is 5.21. The lowest BCUT2D eigenvalue weighted by Gasteiger charge is -1.88. The molecule has 0 N–H and O–H groups in total. The van der Waals surface area contributed by atoms with E-state index < -0.39 is 11.7 Å². The molecule has 2 heteroatoms. The minimum atomic E-state index is -0.864. The average molecular weight is 144 g/mol. The molecular formula is C8H10F2. The quantitative estimate of drug-likeness (QED) is 0.533. The van der Waals surface area contributed by atoms with Crippen molar-refractivity contribution in [2.75, 3.05) is 0 Å². The van der Waals surface area contributed by atoms with Gasteiger partial charge < -0.3 is 0 Å². The maximum Gasteiger partial charge on any atom is 0.158 e. The molecule has 0 aromatic heterocycles. The molecule has 0 radical (unpaired) electrons. The zero-order valence-electron chi connectivity index (χ0n) is 5.90. The summed E-state index contributed by atoms with van der Waals surface area (Å²) in [4.78, 5) is 0. The van der Waals surface area contributed by atoms with E-state index in [4.69, 9.17) is 0 Å². The molecule has 0 nitrogen and oxygen atoms in total. The zero-order valence-corrected chi connectivity index (χ0v) is 5.90. The van der Waals surface area contributed by atoms with E-state index in [-0.39, 0.29) is 0 Å². The molecule has 0 heterocycles. The first-order valence-corrected chi connectivity index (χ1v) is 3.06. The summed E-state index contributed by atoms with van der Waals surface area (Å²) >= 11 is 0. The van der Waals surface area contributed by atoms with Crippen molar-refractivity contribution < 1.29 is 8.78 Å². The molecule has 0 saturated carbocycles. The molecule has 0 saturated heterocycles. The number of allylic oxidation sites excluding steroid dienone is 5. The summed E-state index contributed by atoms with van der Waals surface area (Å²) in [5.74, 6) is -1.68. The molecule has 0 amide bonds. The molecule has 0 fully saturated rings. The van der Waals surface area contributed by atoms with Crippen molar-refractivity contribution in [1.82, 2.24) is 0 Å². The zero-order chi connectivity index (χ0) is 7.98. The molecule has 0 unspecified atom stereocenters. The minimum Gasteiger partial charge on any atom is -0.204 e. The van der Waals surface area contributed by atoms with Gasteiger partial charge in [0.15, 0.2) is 11.7 Å². The Bertz CT molecular complexity index is 166. The van der Waals surface area contributed by atoms with Gasteiger partial charge in [0.05, 0.1) is 0 Å². The average Bonchev–Trinajstić information content (AvgIpc) is 1.89. The number of rotatable bonds is 3. The minimum absolute atomic E-state index is 0.490. The third-order valence-electron chi connectivity index (χ3n) is 0.876. The van der Waals surface area contributed by atoms with Crippen LogP contribution in [0.3, 0.4) is 0 Å². The van der Waals surface area contributed by atoms with Crippen molar-refractivity contribution in [3.05, 3.63) is 36.5 Å². The lowest BCUT2D eigenvalue weighted by molar-refractivity contribution is 0.542. The summed E-state index contributed by atoms with van der Waals surface area (Å²) in [5, 5.41) is 0. The van der Waals surface area contributed by atoms with Crippen molar-refractivity contribution in [1.29, 1.82) is 0 Å². The van der Waals surface area contributed by atoms with E-state index in [0.717, 1.165) is 6.08 Å². The third-order valence-corrected chi connectivity index (χ3v) is 0.876. The predicted octanol–water partition coefficient (Wildman–Crippen LogP) is 3.29. The van der Waals surface area contributed by atoms with E-state index in [2.05, 4.69) is 6.58 Å². The van der Waals surface area contributed by atoms with E-state index >= 15 is 0 Å². The van der Waals surface area contributed by atoms with E-state index in [1.165, 1.54) is 12.2 Å². The lowest BCUT2D eigenvalue weighted by Crippen LogP contribution is -1.73. The van der Waals surface area contributed by atoms with Crippen LogP contribution in [0.15, 0.2) is 36.5 Å². The van der Waals surface area contributed by atoms with E-state index in [1.807, 2.05) is 0 Å². The molecule has 0 aliphatic rings. The molecule has 56 valence electrons. The largest absolute Gasteiger partial charge is 0.204 e. The highest BCUT2D eigenvalue weighted by atomic mass is 19.2. The van der Waals surface area contributed by atoms with Crippen molar-refractivity contribution in [2.45, 2.75) is 13.3 Å². The molecule has 0 aromatic rings. The maximum atomic E-state index is 12.4. The Morgan fingerprint density at radius 3 is 2.40 bits per heavy atom. The van der Waals surface area contributed by atoms with Crippen LogP contribution < -0.4 is 0 Å². The Hall–Kier alpha value is -0.920. The molecule has 0 bridgehead atoms. The van der Waals surface area contributed by atoms with Crippen molar-refractivity contribution in [2.24, 2.45) is 0 Å². The second-order valence-corrected chi connectivity index (χ2v) is 1.71. The molecule has 0 aliphatic carbocycles. The van der Waals surface area contributed by atoms with Crippen LogP contribution in [0.4, 0.5) is 8.78 Å². The highest BCUT2D eigenvalue weighted by Gasteiger charge is 1.98. The van der Waals surface area contributed by atoms with Gasteiger partial charge >= 0.3 is 0 Å². The Kier molecular flexibility index (Phi) is 4.46. The van der Waals surface area contributed by atoms with E-state index in [0.29, 0.717) is 6.42 Å².